The number of aromatic nitrogens is 1. The maximum atomic E-state index is 12.1. The van der Waals surface area contributed by atoms with E-state index in [-0.39, 0.29) is 6.03 Å². The molecular weight excluding hydrogens is 370 g/mol. The number of para-hydroxylation sites is 2. The molecule has 0 aliphatic heterocycles. The topological polar surface area (TPSA) is 63.2 Å². The number of thiazole rings is 1. The molecule has 0 fully saturated rings. The Bertz CT molecular complexity index is 1050. The zero-order valence-electron chi connectivity index (χ0n) is 14.8. The SMILES string of the molecule is O=C(Nc1ccccc1)Nc1nc(-c2ccc(Oc3ccccc3)cc2)cs1. The predicted molar refractivity (Wildman–Crippen MR) is 113 cm³/mol. The van der Waals surface area contributed by atoms with Crippen molar-refractivity contribution in [1.29, 1.82) is 0 Å². The Morgan fingerprint density at radius 2 is 1.43 bits per heavy atom. The minimum atomic E-state index is -0.321. The molecule has 0 saturated carbocycles. The number of amides is 2. The van der Waals surface area contributed by atoms with Crippen LogP contribution in [-0.4, -0.2) is 11.0 Å². The third-order valence-corrected chi connectivity index (χ3v) is 4.64. The third-order valence-electron chi connectivity index (χ3n) is 3.89. The number of anilines is 2. The van der Waals surface area contributed by atoms with E-state index in [1.807, 2.05) is 90.3 Å². The third kappa shape index (κ3) is 4.55. The summed E-state index contributed by atoms with van der Waals surface area (Å²) in [6, 6.07) is 26.3. The minimum absolute atomic E-state index is 0.321. The predicted octanol–water partition coefficient (Wildman–Crippen LogP) is 6.25. The number of ether oxygens (including phenoxy) is 1. The lowest BCUT2D eigenvalue weighted by Crippen LogP contribution is -2.19. The van der Waals surface area contributed by atoms with Crippen LogP contribution in [-0.2, 0) is 0 Å². The van der Waals surface area contributed by atoms with Gasteiger partial charge in [-0.3, -0.25) is 5.32 Å². The lowest BCUT2D eigenvalue weighted by atomic mass is 10.2. The summed E-state index contributed by atoms with van der Waals surface area (Å²) < 4.78 is 5.80. The Hall–Kier alpha value is -3.64. The summed E-state index contributed by atoms with van der Waals surface area (Å²) >= 11 is 1.38. The van der Waals surface area contributed by atoms with Crippen molar-refractivity contribution in [2.24, 2.45) is 0 Å². The average Bonchev–Trinajstić information content (AvgIpc) is 3.18. The fraction of sp³-hybridized carbons (Fsp3) is 0. The van der Waals surface area contributed by atoms with Crippen LogP contribution in [0.5, 0.6) is 11.5 Å². The van der Waals surface area contributed by atoms with E-state index in [2.05, 4.69) is 15.6 Å². The number of benzene rings is 3. The fourth-order valence-corrected chi connectivity index (χ4v) is 3.28. The number of hydrogen-bond donors (Lipinski definition) is 2. The van der Waals surface area contributed by atoms with Gasteiger partial charge >= 0.3 is 6.03 Å². The maximum Gasteiger partial charge on any atom is 0.325 e. The number of urea groups is 1. The van der Waals surface area contributed by atoms with E-state index in [1.165, 1.54) is 11.3 Å². The first-order chi connectivity index (χ1) is 13.8. The lowest BCUT2D eigenvalue weighted by molar-refractivity contribution is 0.262. The van der Waals surface area contributed by atoms with E-state index in [4.69, 9.17) is 4.74 Å². The maximum absolute atomic E-state index is 12.1. The molecule has 2 N–H and O–H groups in total. The highest BCUT2D eigenvalue weighted by Crippen LogP contribution is 2.28. The van der Waals surface area contributed by atoms with E-state index in [0.29, 0.717) is 5.13 Å². The summed E-state index contributed by atoms with van der Waals surface area (Å²) in [6.07, 6.45) is 0. The monoisotopic (exact) mass is 387 g/mol. The number of hydrogen-bond acceptors (Lipinski definition) is 4. The van der Waals surface area contributed by atoms with Crippen LogP contribution in [0.3, 0.4) is 0 Å². The van der Waals surface area contributed by atoms with Crippen molar-refractivity contribution in [2.45, 2.75) is 0 Å². The second kappa shape index (κ2) is 8.37. The molecule has 1 heterocycles. The van der Waals surface area contributed by atoms with Crippen molar-refractivity contribution >= 4 is 28.2 Å². The molecule has 0 atom stereocenters. The highest BCUT2D eigenvalue weighted by Gasteiger charge is 2.08. The van der Waals surface area contributed by atoms with Crippen molar-refractivity contribution < 1.29 is 9.53 Å². The molecule has 2 amide bonds. The van der Waals surface area contributed by atoms with Crippen LogP contribution in [0.15, 0.2) is 90.3 Å². The minimum Gasteiger partial charge on any atom is -0.457 e. The molecule has 0 unspecified atom stereocenters. The van der Waals surface area contributed by atoms with Crippen LogP contribution in [0.25, 0.3) is 11.3 Å². The van der Waals surface area contributed by atoms with Crippen molar-refractivity contribution in [3.63, 3.8) is 0 Å². The second-order valence-corrected chi connectivity index (χ2v) is 6.78. The van der Waals surface area contributed by atoms with E-state index >= 15 is 0 Å². The molecule has 4 rings (SSSR count). The van der Waals surface area contributed by atoms with Gasteiger partial charge in [0.2, 0.25) is 0 Å². The van der Waals surface area contributed by atoms with Gasteiger partial charge in [-0.1, -0.05) is 36.4 Å². The molecule has 4 aromatic rings. The molecule has 0 bridgehead atoms. The Labute approximate surface area is 166 Å². The fourth-order valence-electron chi connectivity index (χ4n) is 2.56. The Morgan fingerprint density at radius 3 is 2.14 bits per heavy atom. The highest BCUT2D eigenvalue weighted by molar-refractivity contribution is 7.14. The van der Waals surface area contributed by atoms with Crippen LogP contribution in [0.2, 0.25) is 0 Å². The first-order valence-corrected chi connectivity index (χ1v) is 9.56. The number of nitrogens with zero attached hydrogens (tertiary/aromatic N) is 1. The standard InChI is InChI=1S/C22H17N3O2S/c26-21(23-17-7-3-1-4-8-17)25-22-24-20(15-28-22)16-11-13-19(14-12-16)27-18-9-5-2-6-10-18/h1-15H,(H2,23,24,25,26). The van der Waals surface area contributed by atoms with Gasteiger partial charge in [-0.05, 0) is 48.5 Å². The molecule has 1 aromatic heterocycles. The van der Waals surface area contributed by atoms with Gasteiger partial charge in [0.25, 0.3) is 0 Å². The summed E-state index contributed by atoms with van der Waals surface area (Å²) in [7, 11) is 0. The van der Waals surface area contributed by atoms with Gasteiger partial charge in [0.1, 0.15) is 11.5 Å². The molecule has 0 aliphatic rings. The van der Waals surface area contributed by atoms with Gasteiger partial charge < -0.3 is 10.1 Å². The van der Waals surface area contributed by atoms with Crippen molar-refractivity contribution in [2.75, 3.05) is 10.6 Å². The Morgan fingerprint density at radius 1 is 0.786 bits per heavy atom. The van der Waals surface area contributed by atoms with Gasteiger partial charge in [0.05, 0.1) is 5.69 Å². The molecule has 6 heteroatoms. The molecule has 28 heavy (non-hydrogen) atoms. The zero-order valence-corrected chi connectivity index (χ0v) is 15.6. The highest BCUT2D eigenvalue weighted by atomic mass is 32.1. The number of nitrogens with one attached hydrogen (secondary N) is 2. The van der Waals surface area contributed by atoms with E-state index in [1.54, 1.807) is 0 Å². The average molecular weight is 387 g/mol. The van der Waals surface area contributed by atoms with Crippen LogP contribution < -0.4 is 15.4 Å². The Kier molecular flexibility index (Phi) is 5.31. The summed E-state index contributed by atoms with van der Waals surface area (Å²) in [5, 5.41) is 7.97. The molecule has 3 aromatic carbocycles. The Balaban J connectivity index is 1.39. The summed E-state index contributed by atoms with van der Waals surface area (Å²) in [6.45, 7) is 0. The van der Waals surface area contributed by atoms with Crippen LogP contribution in [0, 0.1) is 0 Å². The first kappa shape index (κ1) is 17.8. The van der Waals surface area contributed by atoms with E-state index in [9.17, 15) is 4.79 Å². The molecule has 0 spiro atoms. The molecule has 0 radical (unpaired) electrons. The quantitative estimate of drug-likeness (QED) is 0.426. The van der Waals surface area contributed by atoms with Crippen LogP contribution >= 0.6 is 11.3 Å². The summed E-state index contributed by atoms with van der Waals surface area (Å²) in [5.74, 6) is 1.55. The molecule has 0 aliphatic carbocycles. The van der Waals surface area contributed by atoms with Crippen LogP contribution in [0.1, 0.15) is 0 Å². The van der Waals surface area contributed by atoms with E-state index in [0.717, 1.165) is 28.4 Å². The van der Waals surface area contributed by atoms with Gasteiger partial charge in [-0.2, -0.15) is 0 Å². The first-order valence-electron chi connectivity index (χ1n) is 8.68. The van der Waals surface area contributed by atoms with Gasteiger partial charge in [0, 0.05) is 16.6 Å². The van der Waals surface area contributed by atoms with Gasteiger partial charge in [-0.25, -0.2) is 9.78 Å². The van der Waals surface area contributed by atoms with E-state index < -0.39 is 0 Å². The van der Waals surface area contributed by atoms with Crippen molar-refractivity contribution in [3.05, 3.63) is 90.3 Å². The van der Waals surface area contributed by atoms with Crippen LogP contribution in [0.4, 0.5) is 15.6 Å². The molecule has 138 valence electrons. The lowest BCUT2D eigenvalue weighted by Gasteiger charge is -2.06. The molecular formula is C22H17N3O2S. The zero-order chi connectivity index (χ0) is 19.2. The number of rotatable bonds is 5. The smallest absolute Gasteiger partial charge is 0.325 e. The van der Waals surface area contributed by atoms with Gasteiger partial charge in [0.15, 0.2) is 5.13 Å². The van der Waals surface area contributed by atoms with Gasteiger partial charge in [-0.15, -0.1) is 11.3 Å². The second-order valence-electron chi connectivity index (χ2n) is 5.92. The van der Waals surface area contributed by atoms with Crippen molar-refractivity contribution in [1.82, 2.24) is 4.98 Å². The summed E-state index contributed by atoms with van der Waals surface area (Å²) in [5.41, 5.74) is 2.48. The number of carbonyl (C=O) groups excluding carboxylic acids is 1. The van der Waals surface area contributed by atoms with Crippen molar-refractivity contribution in [3.8, 4) is 22.8 Å². The molecule has 5 nitrogen and oxygen atoms in total. The largest absolute Gasteiger partial charge is 0.457 e. The summed E-state index contributed by atoms with van der Waals surface area (Å²) in [4.78, 5) is 16.6. The molecule has 0 saturated heterocycles. The normalized spacial score (nSPS) is 10.3. The number of carbonyl (C=O) groups is 1.